The van der Waals surface area contributed by atoms with Gasteiger partial charge in [0, 0.05) is 12.1 Å². The molecule has 0 radical (unpaired) electrons. The highest BCUT2D eigenvalue weighted by molar-refractivity contribution is 6.32. The molecule has 120 valence electrons. The Morgan fingerprint density at radius 3 is 3.00 bits per heavy atom. The predicted octanol–water partition coefficient (Wildman–Crippen LogP) is 2.47. The number of halogens is 1. The molecule has 0 saturated carbocycles. The Morgan fingerprint density at radius 1 is 1.30 bits per heavy atom. The lowest BCUT2D eigenvalue weighted by molar-refractivity contribution is 0.0727. The molecule has 1 fully saturated rings. The number of aromatic nitrogens is 2. The standard InChI is InChI=1S/C15H14ClN3O4/c16-10-6-9(7-12-13(10)22-5-4-21-12)15(20)19-3-1-2-11(19)14-17-8-23-18-14/h6-8,11H,1-5H2. The van der Waals surface area contributed by atoms with Crippen molar-refractivity contribution in [3.05, 3.63) is 34.9 Å². The van der Waals surface area contributed by atoms with Gasteiger partial charge < -0.3 is 18.9 Å². The molecular formula is C15H14ClN3O4. The Hall–Kier alpha value is -2.28. The minimum absolute atomic E-state index is 0.129. The van der Waals surface area contributed by atoms with Gasteiger partial charge in [0.05, 0.1) is 11.1 Å². The lowest BCUT2D eigenvalue weighted by Gasteiger charge is -2.24. The van der Waals surface area contributed by atoms with Gasteiger partial charge in [0.2, 0.25) is 6.39 Å². The Bertz CT molecular complexity index is 735. The maximum absolute atomic E-state index is 12.9. The first-order valence-corrected chi connectivity index (χ1v) is 7.78. The topological polar surface area (TPSA) is 77.7 Å². The molecule has 0 bridgehead atoms. The fraction of sp³-hybridized carbons (Fsp3) is 0.400. The fourth-order valence-corrected chi connectivity index (χ4v) is 3.27. The fourth-order valence-electron chi connectivity index (χ4n) is 3.00. The number of hydrogen-bond donors (Lipinski definition) is 0. The first kappa shape index (κ1) is 14.3. The lowest BCUT2D eigenvalue weighted by Crippen LogP contribution is -2.31. The molecule has 0 aliphatic carbocycles. The summed E-state index contributed by atoms with van der Waals surface area (Å²) in [5, 5.41) is 4.24. The number of fused-ring (bicyclic) bond motifs is 1. The molecule has 2 aliphatic rings. The van der Waals surface area contributed by atoms with Crippen molar-refractivity contribution in [3.63, 3.8) is 0 Å². The van der Waals surface area contributed by atoms with E-state index in [1.165, 1.54) is 6.39 Å². The summed E-state index contributed by atoms with van der Waals surface area (Å²) in [4.78, 5) is 18.7. The van der Waals surface area contributed by atoms with Crippen molar-refractivity contribution in [1.82, 2.24) is 15.0 Å². The van der Waals surface area contributed by atoms with E-state index >= 15 is 0 Å². The summed E-state index contributed by atoms with van der Waals surface area (Å²) < 4.78 is 15.8. The first-order chi connectivity index (χ1) is 11.2. The van der Waals surface area contributed by atoms with E-state index in [2.05, 4.69) is 10.1 Å². The average molecular weight is 336 g/mol. The highest BCUT2D eigenvalue weighted by Crippen LogP contribution is 2.39. The van der Waals surface area contributed by atoms with Crippen LogP contribution in [-0.4, -0.2) is 40.7 Å². The summed E-state index contributed by atoms with van der Waals surface area (Å²) in [5.74, 6) is 1.39. The van der Waals surface area contributed by atoms with Gasteiger partial charge >= 0.3 is 0 Å². The highest BCUT2D eigenvalue weighted by Gasteiger charge is 2.34. The monoisotopic (exact) mass is 335 g/mol. The van der Waals surface area contributed by atoms with E-state index in [0.717, 1.165) is 12.8 Å². The van der Waals surface area contributed by atoms with Gasteiger partial charge in [-0.2, -0.15) is 4.98 Å². The van der Waals surface area contributed by atoms with Gasteiger partial charge in [0.1, 0.15) is 13.2 Å². The van der Waals surface area contributed by atoms with Gasteiger partial charge in [-0.15, -0.1) is 0 Å². The number of carbonyl (C=O) groups excluding carboxylic acids is 1. The smallest absolute Gasteiger partial charge is 0.254 e. The summed E-state index contributed by atoms with van der Waals surface area (Å²) in [6.45, 7) is 1.53. The zero-order chi connectivity index (χ0) is 15.8. The van der Waals surface area contributed by atoms with Crippen LogP contribution in [-0.2, 0) is 0 Å². The van der Waals surface area contributed by atoms with Crippen molar-refractivity contribution in [2.45, 2.75) is 18.9 Å². The molecular weight excluding hydrogens is 322 g/mol. The summed E-state index contributed by atoms with van der Waals surface area (Å²) in [5.41, 5.74) is 0.467. The number of likely N-dealkylation sites (tertiary alicyclic amines) is 1. The highest BCUT2D eigenvalue weighted by atomic mass is 35.5. The van der Waals surface area contributed by atoms with Crippen molar-refractivity contribution < 1.29 is 18.8 Å². The maximum Gasteiger partial charge on any atom is 0.254 e. The van der Waals surface area contributed by atoms with E-state index in [-0.39, 0.29) is 11.9 Å². The van der Waals surface area contributed by atoms with Crippen LogP contribution < -0.4 is 9.47 Å². The Balaban J connectivity index is 1.65. The van der Waals surface area contributed by atoms with Crippen LogP contribution >= 0.6 is 11.6 Å². The summed E-state index contributed by atoms with van der Waals surface area (Å²) in [7, 11) is 0. The lowest BCUT2D eigenvalue weighted by atomic mass is 10.1. The zero-order valence-electron chi connectivity index (χ0n) is 12.2. The van der Waals surface area contributed by atoms with Crippen molar-refractivity contribution in [2.75, 3.05) is 19.8 Å². The molecule has 1 aromatic carbocycles. The van der Waals surface area contributed by atoms with E-state index in [0.29, 0.717) is 47.7 Å². The second kappa shape index (κ2) is 5.73. The van der Waals surface area contributed by atoms with E-state index in [9.17, 15) is 4.79 Å². The van der Waals surface area contributed by atoms with Crippen LogP contribution in [0, 0.1) is 0 Å². The Labute approximate surface area is 137 Å². The molecule has 8 heteroatoms. The Morgan fingerprint density at radius 2 is 2.17 bits per heavy atom. The van der Waals surface area contributed by atoms with Crippen molar-refractivity contribution in [1.29, 1.82) is 0 Å². The summed E-state index contributed by atoms with van der Waals surface area (Å²) in [6.07, 6.45) is 2.98. The normalized spacial score (nSPS) is 19.9. The molecule has 2 aliphatic heterocycles. The van der Waals surface area contributed by atoms with Gasteiger partial charge in [-0.25, -0.2) is 0 Å². The molecule has 0 spiro atoms. The minimum atomic E-state index is -0.173. The van der Waals surface area contributed by atoms with E-state index < -0.39 is 0 Å². The number of carbonyl (C=O) groups is 1. The second-order valence-electron chi connectivity index (χ2n) is 5.43. The van der Waals surface area contributed by atoms with Crippen LogP contribution in [0.5, 0.6) is 11.5 Å². The van der Waals surface area contributed by atoms with Gasteiger partial charge in [-0.1, -0.05) is 16.8 Å². The summed E-state index contributed by atoms with van der Waals surface area (Å²) >= 11 is 6.22. The van der Waals surface area contributed by atoms with Gasteiger partial charge in [-0.3, -0.25) is 4.79 Å². The van der Waals surface area contributed by atoms with Gasteiger partial charge in [-0.05, 0) is 25.0 Å². The van der Waals surface area contributed by atoms with Crippen molar-refractivity contribution >= 4 is 17.5 Å². The SMILES string of the molecule is O=C(c1cc(Cl)c2c(c1)OCCO2)N1CCCC1c1ncon1. The average Bonchev–Trinajstić information content (AvgIpc) is 3.25. The second-order valence-corrected chi connectivity index (χ2v) is 5.84. The minimum Gasteiger partial charge on any atom is -0.486 e. The van der Waals surface area contributed by atoms with Crippen LogP contribution in [0.25, 0.3) is 0 Å². The van der Waals surface area contributed by atoms with Gasteiger partial charge in [0.25, 0.3) is 5.91 Å². The Kier molecular flexibility index (Phi) is 3.57. The third-order valence-electron chi connectivity index (χ3n) is 4.03. The van der Waals surface area contributed by atoms with E-state index in [1.807, 2.05) is 0 Å². The predicted molar refractivity (Wildman–Crippen MR) is 79.8 cm³/mol. The molecule has 2 aromatic rings. The third kappa shape index (κ3) is 2.50. The molecule has 1 saturated heterocycles. The molecule has 1 unspecified atom stereocenters. The molecule has 0 N–H and O–H groups in total. The van der Waals surface area contributed by atoms with Crippen LogP contribution in [0.4, 0.5) is 0 Å². The largest absolute Gasteiger partial charge is 0.486 e. The number of nitrogens with zero attached hydrogens (tertiary/aromatic N) is 3. The third-order valence-corrected chi connectivity index (χ3v) is 4.31. The maximum atomic E-state index is 12.9. The number of ether oxygens (including phenoxy) is 2. The number of rotatable bonds is 2. The number of hydrogen-bond acceptors (Lipinski definition) is 6. The van der Waals surface area contributed by atoms with Gasteiger partial charge in [0.15, 0.2) is 17.3 Å². The van der Waals surface area contributed by atoms with Crippen LogP contribution in [0.1, 0.15) is 35.1 Å². The number of amides is 1. The molecule has 1 atom stereocenters. The molecule has 1 amide bonds. The molecule has 4 rings (SSSR count). The van der Waals surface area contributed by atoms with Crippen molar-refractivity contribution in [3.8, 4) is 11.5 Å². The van der Waals surface area contributed by atoms with Crippen molar-refractivity contribution in [2.24, 2.45) is 0 Å². The molecule has 7 nitrogen and oxygen atoms in total. The van der Waals surface area contributed by atoms with Crippen LogP contribution in [0.3, 0.4) is 0 Å². The zero-order valence-corrected chi connectivity index (χ0v) is 13.0. The molecule has 3 heterocycles. The first-order valence-electron chi connectivity index (χ1n) is 7.40. The number of benzene rings is 1. The molecule has 1 aromatic heterocycles. The molecule has 23 heavy (non-hydrogen) atoms. The van der Waals surface area contributed by atoms with E-state index in [1.54, 1.807) is 17.0 Å². The van der Waals surface area contributed by atoms with Crippen LogP contribution in [0.15, 0.2) is 23.0 Å². The quantitative estimate of drug-likeness (QED) is 0.839. The summed E-state index contributed by atoms with van der Waals surface area (Å²) in [6, 6.07) is 3.12. The van der Waals surface area contributed by atoms with Crippen LogP contribution in [0.2, 0.25) is 5.02 Å². The van der Waals surface area contributed by atoms with E-state index in [4.69, 9.17) is 25.6 Å².